The van der Waals surface area contributed by atoms with Gasteiger partial charge < -0.3 is 5.32 Å². The second-order valence-corrected chi connectivity index (χ2v) is 8.03. The SMILES string of the molecule is CCC(C)(CNC(C)(C)C)CN1CC2CCC1C2. The second-order valence-electron chi connectivity index (χ2n) is 8.03. The van der Waals surface area contributed by atoms with Crippen LogP contribution in [0.2, 0.25) is 0 Å². The van der Waals surface area contributed by atoms with Gasteiger partial charge >= 0.3 is 0 Å². The quantitative estimate of drug-likeness (QED) is 0.808. The third-order valence-corrected chi connectivity index (χ3v) is 5.01. The zero-order chi connectivity index (χ0) is 13.4. The molecule has 1 aliphatic heterocycles. The molecule has 0 amide bonds. The summed E-state index contributed by atoms with van der Waals surface area (Å²) in [6.07, 6.45) is 5.69. The first-order valence-corrected chi connectivity index (χ1v) is 7.80. The summed E-state index contributed by atoms with van der Waals surface area (Å²) in [5, 5.41) is 3.70. The Labute approximate surface area is 114 Å². The fourth-order valence-corrected chi connectivity index (χ4v) is 3.48. The molecule has 0 aromatic heterocycles. The Morgan fingerprint density at radius 3 is 2.33 bits per heavy atom. The molecule has 1 N–H and O–H groups in total. The average molecular weight is 252 g/mol. The smallest absolute Gasteiger partial charge is 0.00988 e. The van der Waals surface area contributed by atoms with Crippen LogP contribution in [0, 0.1) is 11.3 Å². The van der Waals surface area contributed by atoms with Gasteiger partial charge in [0, 0.05) is 31.2 Å². The van der Waals surface area contributed by atoms with Crippen molar-refractivity contribution in [3.63, 3.8) is 0 Å². The highest BCUT2D eigenvalue weighted by molar-refractivity contribution is 4.95. The van der Waals surface area contributed by atoms with Gasteiger partial charge in [-0.1, -0.05) is 13.8 Å². The summed E-state index contributed by atoms with van der Waals surface area (Å²) in [6, 6.07) is 0.913. The molecule has 1 aliphatic carbocycles. The zero-order valence-electron chi connectivity index (χ0n) is 13.1. The monoisotopic (exact) mass is 252 g/mol. The summed E-state index contributed by atoms with van der Waals surface area (Å²) in [4.78, 5) is 2.78. The van der Waals surface area contributed by atoms with Gasteiger partial charge in [0.2, 0.25) is 0 Å². The standard InChI is InChI=1S/C16H32N2/c1-6-16(5,11-17-15(2,3)4)12-18-10-13-7-8-14(18)9-13/h13-14,17H,6-12H2,1-5H3. The first-order chi connectivity index (χ1) is 8.31. The van der Waals surface area contributed by atoms with E-state index in [1.54, 1.807) is 0 Å². The predicted octanol–water partition coefficient (Wildman–Crippen LogP) is 3.28. The van der Waals surface area contributed by atoms with Crippen molar-refractivity contribution >= 4 is 0 Å². The highest BCUT2D eigenvalue weighted by Crippen LogP contribution is 2.39. The molecule has 3 atom stereocenters. The lowest BCUT2D eigenvalue weighted by Gasteiger charge is -2.39. The van der Waals surface area contributed by atoms with Gasteiger partial charge in [0.15, 0.2) is 0 Å². The van der Waals surface area contributed by atoms with E-state index in [2.05, 4.69) is 44.8 Å². The molecule has 2 nitrogen and oxygen atoms in total. The molecule has 18 heavy (non-hydrogen) atoms. The van der Waals surface area contributed by atoms with Gasteiger partial charge in [0.1, 0.15) is 0 Å². The Kier molecular flexibility index (Phi) is 4.08. The van der Waals surface area contributed by atoms with E-state index in [1.165, 1.54) is 38.8 Å². The first-order valence-electron chi connectivity index (χ1n) is 7.80. The van der Waals surface area contributed by atoms with Crippen molar-refractivity contribution in [1.82, 2.24) is 10.2 Å². The van der Waals surface area contributed by atoms with E-state index in [4.69, 9.17) is 0 Å². The van der Waals surface area contributed by atoms with Crippen molar-refractivity contribution in [2.75, 3.05) is 19.6 Å². The second kappa shape index (κ2) is 5.13. The first kappa shape index (κ1) is 14.3. The number of hydrogen-bond acceptors (Lipinski definition) is 2. The van der Waals surface area contributed by atoms with Gasteiger partial charge in [-0.15, -0.1) is 0 Å². The maximum Gasteiger partial charge on any atom is 0.00988 e. The largest absolute Gasteiger partial charge is 0.311 e. The minimum atomic E-state index is 0.237. The zero-order valence-corrected chi connectivity index (χ0v) is 13.1. The Morgan fingerprint density at radius 1 is 1.17 bits per heavy atom. The van der Waals surface area contributed by atoms with Crippen LogP contribution >= 0.6 is 0 Å². The molecule has 0 radical (unpaired) electrons. The van der Waals surface area contributed by atoms with Crippen molar-refractivity contribution in [2.24, 2.45) is 11.3 Å². The molecule has 1 saturated carbocycles. The fourth-order valence-electron chi connectivity index (χ4n) is 3.48. The lowest BCUT2D eigenvalue weighted by atomic mass is 9.85. The Morgan fingerprint density at radius 2 is 1.89 bits per heavy atom. The number of hydrogen-bond donors (Lipinski definition) is 1. The van der Waals surface area contributed by atoms with Crippen molar-refractivity contribution in [2.45, 2.75) is 71.9 Å². The van der Waals surface area contributed by atoms with E-state index in [1.807, 2.05) is 0 Å². The molecule has 2 fully saturated rings. The van der Waals surface area contributed by atoms with E-state index >= 15 is 0 Å². The molecule has 2 aliphatic rings. The van der Waals surface area contributed by atoms with Gasteiger partial charge in [0.25, 0.3) is 0 Å². The predicted molar refractivity (Wildman–Crippen MR) is 78.9 cm³/mol. The van der Waals surface area contributed by atoms with E-state index in [9.17, 15) is 0 Å². The lowest BCUT2D eigenvalue weighted by molar-refractivity contribution is 0.119. The van der Waals surface area contributed by atoms with Crippen molar-refractivity contribution in [1.29, 1.82) is 0 Å². The van der Waals surface area contributed by atoms with E-state index < -0.39 is 0 Å². The van der Waals surface area contributed by atoms with Crippen LogP contribution in [0.4, 0.5) is 0 Å². The van der Waals surface area contributed by atoms with Crippen molar-refractivity contribution in [3.8, 4) is 0 Å². The molecule has 0 spiro atoms. The summed E-state index contributed by atoms with van der Waals surface area (Å²) in [5.41, 5.74) is 0.665. The van der Waals surface area contributed by atoms with E-state index in [0.717, 1.165) is 18.5 Å². The maximum atomic E-state index is 3.70. The summed E-state index contributed by atoms with van der Waals surface area (Å²) in [6.45, 7) is 15.4. The van der Waals surface area contributed by atoms with Crippen LogP contribution < -0.4 is 5.32 Å². The number of nitrogens with zero attached hydrogens (tertiary/aromatic N) is 1. The number of rotatable bonds is 5. The highest BCUT2D eigenvalue weighted by atomic mass is 15.2. The number of piperidine rings is 1. The third-order valence-electron chi connectivity index (χ3n) is 5.01. The van der Waals surface area contributed by atoms with Crippen molar-refractivity contribution < 1.29 is 0 Å². The minimum Gasteiger partial charge on any atom is -0.311 e. The molecule has 0 aromatic rings. The van der Waals surface area contributed by atoms with Crippen LogP contribution in [0.15, 0.2) is 0 Å². The molecule has 3 unspecified atom stereocenters. The highest BCUT2D eigenvalue weighted by Gasteiger charge is 2.40. The van der Waals surface area contributed by atoms with Crippen LogP contribution in [-0.4, -0.2) is 36.1 Å². The average Bonchev–Trinajstić information content (AvgIpc) is 2.87. The van der Waals surface area contributed by atoms with Crippen LogP contribution in [0.5, 0.6) is 0 Å². The Hall–Kier alpha value is -0.0800. The summed E-state index contributed by atoms with van der Waals surface area (Å²) < 4.78 is 0. The van der Waals surface area contributed by atoms with Crippen LogP contribution in [0.3, 0.4) is 0 Å². The van der Waals surface area contributed by atoms with Crippen LogP contribution in [0.1, 0.15) is 60.3 Å². The number of likely N-dealkylation sites (tertiary alicyclic amines) is 1. The fraction of sp³-hybridized carbons (Fsp3) is 1.00. The van der Waals surface area contributed by atoms with Gasteiger partial charge in [-0.05, 0) is 57.8 Å². The van der Waals surface area contributed by atoms with Gasteiger partial charge in [-0.3, -0.25) is 4.90 Å². The van der Waals surface area contributed by atoms with Crippen molar-refractivity contribution in [3.05, 3.63) is 0 Å². The number of fused-ring (bicyclic) bond motifs is 2. The van der Waals surface area contributed by atoms with Crippen LogP contribution in [-0.2, 0) is 0 Å². The molecule has 2 bridgehead atoms. The van der Waals surface area contributed by atoms with Gasteiger partial charge in [-0.2, -0.15) is 0 Å². The molecular weight excluding hydrogens is 220 g/mol. The maximum absolute atomic E-state index is 3.70. The molecule has 0 aromatic carbocycles. The van der Waals surface area contributed by atoms with Gasteiger partial charge in [0.05, 0.1) is 0 Å². The molecular formula is C16H32N2. The topological polar surface area (TPSA) is 15.3 Å². The van der Waals surface area contributed by atoms with E-state index in [-0.39, 0.29) is 5.54 Å². The summed E-state index contributed by atoms with van der Waals surface area (Å²) in [5.74, 6) is 1.02. The van der Waals surface area contributed by atoms with Crippen LogP contribution in [0.25, 0.3) is 0 Å². The lowest BCUT2D eigenvalue weighted by Crippen LogP contribution is -2.48. The van der Waals surface area contributed by atoms with E-state index in [0.29, 0.717) is 5.41 Å². The number of nitrogens with one attached hydrogen (secondary N) is 1. The summed E-state index contributed by atoms with van der Waals surface area (Å²) >= 11 is 0. The molecule has 1 saturated heterocycles. The van der Waals surface area contributed by atoms with Gasteiger partial charge in [-0.25, -0.2) is 0 Å². The molecule has 106 valence electrons. The Bertz CT molecular complexity index is 281. The third kappa shape index (κ3) is 3.48. The minimum absolute atomic E-state index is 0.237. The Balaban J connectivity index is 1.87. The normalized spacial score (nSPS) is 31.8. The molecule has 2 heteroatoms. The molecule has 1 heterocycles. The molecule has 2 rings (SSSR count). The summed E-state index contributed by atoms with van der Waals surface area (Å²) in [7, 11) is 0.